The van der Waals surface area contributed by atoms with Crippen LogP contribution in [0.4, 0.5) is 0 Å². The molecule has 0 radical (unpaired) electrons. The lowest BCUT2D eigenvalue weighted by molar-refractivity contribution is -0.134. The van der Waals surface area contributed by atoms with Crippen molar-refractivity contribution in [3.63, 3.8) is 0 Å². The Morgan fingerprint density at radius 1 is 1.05 bits per heavy atom. The predicted molar refractivity (Wildman–Crippen MR) is 63.8 cm³/mol. The molecule has 0 unspecified atom stereocenters. The van der Waals surface area contributed by atoms with E-state index in [4.69, 9.17) is 14.7 Å². The smallest absolute Gasteiger partial charge is 0.308 e. The zero-order chi connectivity index (χ0) is 14.6. The van der Waals surface area contributed by atoms with E-state index in [2.05, 4.69) is 0 Å². The van der Waals surface area contributed by atoms with E-state index in [1.807, 2.05) is 0 Å². The second-order valence-corrected chi connectivity index (χ2v) is 3.71. The van der Waals surface area contributed by atoms with Gasteiger partial charge in [-0.3, -0.25) is 14.4 Å². The zero-order valence-electron chi connectivity index (χ0n) is 10.6. The van der Waals surface area contributed by atoms with Gasteiger partial charge in [0.25, 0.3) is 0 Å². The summed E-state index contributed by atoms with van der Waals surface area (Å²) in [6.45, 7) is 3.61. The molecule has 1 aromatic carbocycles. The van der Waals surface area contributed by atoms with Crippen molar-refractivity contribution in [3.8, 4) is 17.6 Å². The molecule has 19 heavy (non-hydrogen) atoms. The molecule has 1 rings (SSSR count). The number of carbonyl (C=O) groups is 3. The molecule has 0 N–H and O–H groups in total. The molecule has 6 nitrogen and oxygen atoms in total. The first kappa shape index (κ1) is 14.4. The Balaban J connectivity index is 3.47. The third-order valence-electron chi connectivity index (χ3n) is 2.08. The average molecular weight is 261 g/mol. The maximum absolute atomic E-state index is 11.3. The molecule has 0 bridgehead atoms. The Kier molecular flexibility index (Phi) is 4.37. The Hall–Kier alpha value is -2.68. The highest BCUT2D eigenvalue weighted by atomic mass is 16.6. The van der Waals surface area contributed by atoms with Crippen LogP contribution in [0.2, 0.25) is 0 Å². The van der Waals surface area contributed by atoms with E-state index in [0.717, 1.165) is 13.8 Å². The number of carbonyl (C=O) groups excluding carboxylic acids is 3. The fraction of sp³-hybridized carbons (Fsp3) is 0.231. The van der Waals surface area contributed by atoms with E-state index < -0.39 is 11.9 Å². The van der Waals surface area contributed by atoms with Crippen LogP contribution in [0, 0.1) is 11.3 Å². The fourth-order valence-electron chi connectivity index (χ4n) is 1.37. The van der Waals surface area contributed by atoms with Gasteiger partial charge < -0.3 is 9.47 Å². The molecule has 0 amide bonds. The summed E-state index contributed by atoms with van der Waals surface area (Å²) in [7, 11) is 0. The van der Waals surface area contributed by atoms with Crippen LogP contribution < -0.4 is 9.47 Å². The minimum atomic E-state index is -0.666. The molecule has 0 aromatic heterocycles. The molecule has 0 fully saturated rings. The van der Waals surface area contributed by atoms with Crippen LogP contribution in [0.25, 0.3) is 0 Å². The summed E-state index contributed by atoms with van der Waals surface area (Å²) in [5.41, 5.74) is 0.128. The zero-order valence-corrected chi connectivity index (χ0v) is 10.6. The van der Waals surface area contributed by atoms with Gasteiger partial charge in [0, 0.05) is 19.4 Å². The van der Waals surface area contributed by atoms with Crippen molar-refractivity contribution < 1.29 is 23.9 Å². The number of nitriles is 1. The van der Waals surface area contributed by atoms with E-state index in [0.29, 0.717) is 0 Å². The van der Waals surface area contributed by atoms with Crippen LogP contribution in [0.1, 0.15) is 36.7 Å². The lowest BCUT2D eigenvalue weighted by Gasteiger charge is -2.11. The Morgan fingerprint density at radius 2 is 1.63 bits per heavy atom. The number of hydrogen-bond acceptors (Lipinski definition) is 6. The highest BCUT2D eigenvalue weighted by Crippen LogP contribution is 2.33. The number of esters is 2. The van der Waals surface area contributed by atoms with E-state index >= 15 is 0 Å². The lowest BCUT2D eigenvalue weighted by atomic mass is 10.1. The largest absolute Gasteiger partial charge is 0.423 e. The normalized spacial score (nSPS) is 9.37. The van der Waals surface area contributed by atoms with Crippen LogP contribution in [-0.2, 0) is 9.59 Å². The van der Waals surface area contributed by atoms with Gasteiger partial charge in [-0.15, -0.1) is 0 Å². The first-order chi connectivity index (χ1) is 8.85. The standard InChI is InChI=1S/C13H11NO5/c1-7(15)10-4-11(6-14)13(19-9(3)17)12(5-10)18-8(2)16/h4-5H,1-3H3. The molecule has 1 aromatic rings. The van der Waals surface area contributed by atoms with Crippen molar-refractivity contribution in [2.24, 2.45) is 0 Å². The van der Waals surface area contributed by atoms with Crippen molar-refractivity contribution >= 4 is 17.7 Å². The fourth-order valence-corrected chi connectivity index (χ4v) is 1.37. The number of benzene rings is 1. The summed E-state index contributed by atoms with van der Waals surface area (Å²) in [5, 5.41) is 9.00. The second kappa shape index (κ2) is 5.78. The predicted octanol–water partition coefficient (Wildman–Crippen LogP) is 1.61. The average Bonchev–Trinajstić information content (AvgIpc) is 2.29. The van der Waals surface area contributed by atoms with E-state index in [9.17, 15) is 14.4 Å². The first-order valence-corrected chi connectivity index (χ1v) is 5.31. The van der Waals surface area contributed by atoms with Gasteiger partial charge in [0.15, 0.2) is 17.3 Å². The molecule has 0 heterocycles. The molecular formula is C13H11NO5. The monoisotopic (exact) mass is 261 g/mol. The number of Topliss-reactive ketones (excluding diaryl/α,β-unsaturated/α-hetero) is 1. The number of nitrogens with zero attached hydrogens (tertiary/aromatic N) is 1. The summed E-state index contributed by atoms with van der Waals surface area (Å²) >= 11 is 0. The van der Waals surface area contributed by atoms with Crippen molar-refractivity contribution in [2.75, 3.05) is 0 Å². The van der Waals surface area contributed by atoms with Crippen molar-refractivity contribution in [1.29, 1.82) is 5.26 Å². The summed E-state index contributed by atoms with van der Waals surface area (Å²) in [5.74, 6) is -1.93. The van der Waals surface area contributed by atoms with Crippen LogP contribution in [0.15, 0.2) is 12.1 Å². The van der Waals surface area contributed by atoms with Gasteiger partial charge in [-0.05, 0) is 19.1 Å². The number of ether oxygens (including phenoxy) is 2. The second-order valence-electron chi connectivity index (χ2n) is 3.71. The summed E-state index contributed by atoms with van der Waals surface area (Å²) in [6.07, 6.45) is 0. The van der Waals surface area contributed by atoms with Gasteiger partial charge in [0.2, 0.25) is 0 Å². The summed E-state index contributed by atoms with van der Waals surface area (Å²) in [4.78, 5) is 33.3. The SMILES string of the molecule is CC(=O)Oc1cc(C(C)=O)cc(C#N)c1OC(C)=O. The van der Waals surface area contributed by atoms with Crippen LogP contribution in [0.3, 0.4) is 0 Å². The highest BCUT2D eigenvalue weighted by Gasteiger charge is 2.18. The number of hydrogen-bond donors (Lipinski definition) is 0. The van der Waals surface area contributed by atoms with Gasteiger partial charge in [-0.1, -0.05) is 0 Å². The lowest BCUT2D eigenvalue weighted by Crippen LogP contribution is -2.09. The topological polar surface area (TPSA) is 93.5 Å². The van der Waals surface area contributed by atoms with E-state index in [1.54, 1.807) is 6.07 Å². The van der Waals surface area contributed by atoms with Gasteiger partial charge in [-0.25, -0.2) is 0 Å². The molecule has 0 atom stereocenters. The van der Waals surface area contributed by atoms with E-state index in [1.165, 1.54) is 19.1 Å². The third kappa shape index (κ3) is 3.64. The molecule has 6 heteroatoms. The molecule has 0 aliphatic carbocycles. The van der Waals surface area contributed by atoms with Crippen LogP contribution >= 0.6 is 0 Å². The highest BCUT2D eigenvalue weighted by molar-refractivity contribution is 5.95. The third-order valence-corrected chi connectivity index (χ3v) is 2.08. The minimum Gasteiger partial charge on any atom is -0.423 e. The van der Waals surface area contributed by atoms with Crippen LogP contribution in [0.5, 0.6) is 11.5 Å². The maximum atomic E-state index is 11.3. The first-order valence-electron chi connectivity index (χ1n) is 5.31. The summed E-state index contributed by atoms with van der Waals surface area (Å²) in [6, 6.07) is 4.31. The van der Waals surface area contributed by atoms with Crippen molar-refractivity contribution in [1.82, 2.24) is 0 Å². The molecule has 98 valence electrons. The summed E-state index contributed by atoms with van der Waals surface area (Å²) < 4.78 is 9.71. The van der Waals surface area contributed by atoms with Crippen molar-refractivity contribution in [2.45, 2.75) is 20.8 Å². The minimum absolute atomic E-state index is 0.0563. The Labute approximate surface area is 109 Å². The molecule has 0 saturated carbocycles. The Bertz CT molecular complexity index is 598. The molecule has 0 aliphatic heterocycles. The maximum Gasteiger partial charge on any atom is 0.308 e. The molecule has 0 aliphatic rings. The number of rotatable bonds is 3. The molecular weight excluding hydrogens is 250 g/mol. The van der Waals surface area contributed by atoms with Crippen LogP contribution in [-0.4, -0.2) is 17.7 Å². The van der Waals surface area contributed by atoms with Crippen molar-refractivity contribution in [3.05, 3.63) is 23.3 Å². The molecule has 0 spiro atoms. The van der Waals surface area contributed by atoms with Gasteiger partial charge in [-0.2, -0.15) is 5.26 Å². The van der Waals surface area contributed by atoms with Gasteiger partial charge >= 0.3 is 11.9 Å². The molecule has 0 saturated heterocycles. The number of ketones is 1. The van der Waals surface area contributed by atoms with Gasteiger partial charge in [0.1, 0.15) is 6.07 Å². The van der Waals surface area contributed by atoms with E-state index in [-0.39, 0.29) is 28.4 Å². The van der Waals surface area contributed by atoms with Gasteiger partial charge in [0.05, 0.1) is 5.56 Å². The Morgan fingerprint density at radius 3 is 2.05 bits per heavy atom. The quantitative estimate of drug-likeness (QED) is 0.466.